The first-order valence-electron chi connectivity index (χ1n) is 10.4. The highest BCUT2D eigenvalue weighted by molar-refractivity contribution is 7.71. The lowest BCUT2D eigenvalue weighted by Gasteiger charge is -2.27. The molecule has 7 heteroatoms. The summed E-state index contributed by atoms with van der Waals surface area (Å²) < 4.78 is 13.4. The number of ether oxygens (including phenoxy) is 2. The number of hydrogen-bond donors (Lipinski definition) is 1. The van der Waals surface area contributed by atoms with Crippen LogP contribution in [0.3, 0.4) is 0 Å². The fourth-order valence-electron chi connectivity index (χ4n) is 4.46. The number of para-hydroxylation sites is 2. The highest BCUT2D eigenvalue weighted by Gasteiger charge is 2.38. The fraction of sp³-hybridized carbons (Fsp3) is 0.200. The number of fused-ring (bicyclic) bond motifs is 2. The van der Waals surface area contributed by atoms with Crippen molar-refractivity contribution in [3.8, 4) is 11.5 Å². The average molecular weight is 446 g/mol. The summed E-state index contributed by atoms with van der Waals surface area (Å²) in [5.74, 6) is 1.37. The van der Waals surface area contributed by atoms with Crippen LogP contribution in [0, 0.1) is 4.77 Å². The van der Waals surface area contributed by atoms with E-state index in [1.807, 2.05) is 76.2 Å². The number of rotatable bonds is 6. The predicted octanol–water partition coefficient (Wildman–Crippen LogP) is 4.96. The van der Waals surface area contributed by atoms with E-state index in [4.69, 9.17) is 21.7 Å². The van der Waals surface area contributed by atoms with E-state index in [-0.39, 0.29) is 12.1 Å². The smallest absolute Gasteiger partial charge is 0.256 e. The van der Waals surface area contributed by atoms with Crippen LogP contribution in [-0.4, -0.2) is 41.1 Å². The number of nitrogens with one attached hydrogen (secondary N) is 1. The summed E-state index contributed by atoms with van der Waals surface area (Å²) in [5.41, 5.74) is 4.67. The monoisotopic (exact) mass is 445 g/mol. The Bertz CT molecular complexity index is 1370. The minimum atomic E-state index is -0.303. The van der Waals surface area contributed by atoms with Gasteiger partial charge in [0.15, 0.2) is 16.3 Å². The first kappa shape index (κ1) is 20.3. The van der Waals surface area contributed by atoms with Crippen molar-refractivity contribution in [2.45, 2.75) is 12.6 Å². The van der Waals surface area contributed by atoms with Crippen LogP contribution in [-0.2, 0) is 6.42 Å². The second-order valence-corrected chi connectivity index (χ2v) is 8.10. The molecule has 2 heterocycles. The van der Waals surface area contributed by atoms with Crippen molar-refractivity contribution in [2.24, 2.45) is 0 Å². The maximum atomic E-state index is 13.4. The molecule has 1 unspecified atom stereocenters. The van der Waals surface area contributed by atoms with Gasteiger partial charge in [-0.1, -0.05) is 36.4 Å². The Morgan fingerprint density at radius 3 is 2.53 bits per heavy atom. The molecule has 6 nitrogen and oxygen atoms in total. The lowest BCUT2D eigenvalue weighted by molar-refractivity contribution is 0.0705. The van der Waals surface area contributed by atoms with E-state index in [1.165, 1.54) is 0 Å². The van der Waals surface area contributed by atoms with Crippen LogP contribution < -0.4 is 9.47 Å². The van der Waals surface area contributed by atoms with Crippen molar-refractivity contribution in [2.75, 3.05) is 20.8 Å². The van der Waals surface area contributed by atoms with E-state index in [1.54, 1.807) is 14.2 Å². The van der Waals surface area contributed by atoms with Gasteiger partial charge in [0.25, 0.3) is 5.91 Å². The molecule has 0 spiro atoms. The van der Waals surface area contributed by atoms with Crippen molar-refractivity contribution in [3.63, 3.8) is 0 Å². The summed E-state index contributed by atoms with van der Waals surface area (Å²) in [6, 6.07) is 21.6. The maximum absolute atomic E-state index is 13.4. The van der Waals surface area contributed by atoms with Crippen LogP contribution in [0.5, 0.6) is 11.5 Å². The quantitative estimate of drug-likeness (QED) is 0.426. The normalized spacial score (nSPS) is 15.2. The topological polar surface area (TPSA) is 59.5 Å². The number of H-pyrrole nitrogens is 1. The van der Waals surface area contributed by atoms with Crippen molar-refractivity contribution >= 4 is 29.2 Å². The van der Waals surface area contributed by atoms with Gasteiger partial charge in [-0.3, -0.25) is 9.36 Å². The van der Waals surface area contributed by atoms with Crippen LogP contribution in [0.15, 0.2) is 66.7 Å². The Morgan fingerprint density at radius 2 is 1.72 bits per heavy atom. The summed E-state index contributed by atoms with van der Waals surface area (Å²) >= 11 is 5.69. The first-order chi connectivity index (χ1) is 15.6. The van der Waals surface area contributed by atoms with E-state index in [9.17, 15) is 4.79 Å². The van der Waals surface area contributed by atoms with E-state index in [2.05, 4.69) is 4.98 Å². The molecule has 1 amide bonds. The van der Waals surface area contributed by atoms with Crippen LogP contribution >= 0.6 is 12.2 Å². The van der Waals surface area contributed by atoms with Crippen molar-refractivity contribution < 1.29 is 14.3 Å². The van der Waals surface area contributed by atoms with Gasteiger partial charge >= 0.3 is 0 Å². The van der Waals surface area contributed by atoms with Gasteiger partial charge in [0, 0.05) is 17.7 Å². The number of amides is 1. The van der Waals surface area contributed by atoms with Crippen LogP contribution in [0.4, 0.5) is 0 Å². The Labute approximate surface area is 191 Å². The Hall–Kier alpha value is -3.58. The molecule has 1 atom stereocenters. The van der Waals surface area contributed by atoms with Gasteiger partial charge in [-0.15, -0.1) is 0 Å². The maximum Gasteiger partial charge on any atom is 0.256 e. The van der Waals surface area contributed by atoms with E-state index < -0.39 is 0 Å². The molecule has 32 heavy (non-hydrogen) atoms. The average Bonchev–Trinajstić information content (AvgIpc) is 3.30. The van der Waals surface area contributed by atoms with Gasteiger partial charge < -0.3 is 19.4 Å². The minimum Gasteiger partial charge on any atom is -0.493 e. The zero-order valence-corrected chi connectivity index (χ0v) is 18.7. The standard InChI is InChI=1S/C25H23N3O3S/c1-30-21-12-11-16(15-22(21)31-2)13-14-27-23(17-7-3-4-8-18(17)24(27)29)28-20-10-6-5-9-19(20)26-25(28)32/h3-12,15,23H,13-14H2,1-2H3,(H,26,32). The van der Waals surface area contributed by atoms with E-state index in [0.717, 1.165) is 27.7 Å². The number of methoxy groups -OCH3 is 2. The lowest BCUT2D eigenvalue weighted by Crippen LogP contribution is -2.34. The van der Waals surface area contributed by atoms with Gasteiger partial charge in [0.2, 0.25) is 0 Å². The summed E-state index contributed by atoms with van der Waals surface area (Å²) in [4.78, 5) is 18.6. The molecule has 0 fully saturated rings. The first-order valence-corrected chi connectivity index (χ1v) is 10.8. The van der Waals surface area contributed by atoms with E-state index >= 15 is 0 Å². The molecule has 0 saturated heterocycles. The van der Waals surface area contributed by atoms with Crippen LogP contribution in [0.1, 0.15) is 27.7 Å². The predicted molar refractivity (Wildman–Crippen MR) is 126 cm³/mol. The molecular formula is C25H23N3O3S. The Morgan fingerprint density at radius 1 is 0.969 bits per heavy atom. The van der Waals surface area contributed by atoms with Gasteiger partial charge in [-0.25, -0.2) is 0 Å². The molecule has 1 N–H and O–H groups in total. The van der Waals surface area contributed by atoms with Gasteiger partial charge in [0.05, 0.1) is 25.3 Å². The molecule has 1 aromatic heterocycles. The number of aromatic amines is 1. The SMILES string of the molecule is COc1ccc(CCN2C(=O)c3ccccc3C2n2c(=S)[nH]c3ccccc32)cc1OC. The van der Waals surface area contributed by atoms with Crippen LogP contribution in [0.25, 0.3) is 11.0 Å². The molecule has 162 valence electrons. The van der Waals surface area contributed by atoms with Crippen molar-refractivity contribution in [3.05, 3.63) is 88.2 Å². The number of carbonyl (C=O) groups excluding carboxylic acids is 1. The number of benzene rings is 3. The second kappa shape index (κ2) is 8.16. The Kier molecular flexibility index (Phi) is 5.19. The number of hydrogen-bond acceptors (Lipinski definition) is 4. The molecule has 1 aliphatic rings. The molecule has 0 aliphatic carbocycles. The third kappa shape index (κ3) is 3.26. The zero-order chi connectivity index (χ0) is 22.2. The third-order valence-corrected chi connectivity index (χ3v) is 6.28. The van der Waals surface area contributed by atoms with Crippen molar-refractivity contribution in [1.82, 2.24) is 14.5 Å². The molecule has 0 saturated carbocycles. The summed E-state index contributed by atoms with van der Waals surface area (Å²) in [6.45, 7) is 0.537. The number of nitrogens with zero attached hydrogens (tertiary/aromatic N) is 2. The molecule has 1 aliphatic heterocycles. The van der Waals surface area contributed by atoms with E-state index in [0.29, 0.717) is 29.2 Å². The summed E-state index contributed by atoms with van der Waals surface area (Å²) in [6.07, 6.45) is 0.370. The fourth-order valence-corrected chi connectivity index (χ4v) is 4.76. The largest absolute Gasteiger partial charge is 0.493 e. The Balaban J connectivity index is 1.54. The van der Waals surface area contributed by atoms with Crippen molar-refractivity contribution in [1.29, 1.82) is 0 Å². The number of aromatic nitrogens is 2. The molecular weight excluding hydrogens is 422 g/mol. The molecule has 0 radical (unpaired) electrons. The molecule has 0 bridgehead atoms. The number of carbonyl (C=O) groups is 1. The summed E-state index contributed by atoms with van der Waals surface area (Å²) in [7, 11) is 3.24. The third-order valence-electron chi connectivity index (χ3n) is 5.98. The summed E-state index contributed by atoms with van der Waals surface area (Å²) in [5, 5.41) is 0. The van der Waals surface area contributed by atoms with Crippen LogP contribution in [0.2, 0.25) is 0 Å². The highest BCUT2D eigenvalue weighted by atomic mass is 32.1. The van der Waals surface area contributed by atoms with Gasteiger partial charge in [-0.2, -0.15) is 0 Å². The second-order valence-electron chi connectivity index (χ2n) is 7.72. The molecule has 4 aromatic rings. The molecule has 3 aromatic carbocycles. The highest BCUT2D eigenvalue weighted by Crippen LogP contribution is 2.37. The van der Waals surface area contributed by atoms with Gasteiger partial charge in [-0.05, 0) is 54.5 Å². The minimum absolute atomic E-state index is 0.0123. The lowest BCUT2D eigenvalue weighted by atomic mass is 10.1. The molecule has 5 rings (SSSR count). The zero-order valence-electron chi connectivity index (χ0n) is 17.9. The number of imidazole rings is 1. The van der Waals surface area contributed by atoms with Gasteiger partial charge in [0.1, 0.15) is 6.17 Å².